The first-order chi connectivity index (χ1) is 14.2. The van der Waals surface area contributed by atoms with Crippen molar-refractivity contribution in [2.75, 3.05) is 0 Å². The Bertz CT molecular complexity index is 828. The fraction of sp³-hybridized carbons (Fsp3) is 0.556. The third kappa shape index (κ3) is 7.59. The molecule has 3 heteroatoms. The summed E-state index contributed by atoms with van der Waals surface area (Å²) < 4.78 is 6.41. The van der Waals surface area contributed by atoms with Crippen LogP contribution in [0.25, 0.3) is 0 Å². The van der Waals surface area contributed by atoms with Crippen molar-refractivity contribution in [2.24, 2.45) is 5.18 Å². The van der Waals surface area contributed by atoms with E-state index in [1.54, 1.807) is 0 Å². The van der Waals surface area contributed by atoms with E-state index in [0.29, 0.717) is 5.69 Å². The van der Waals surface area contributed by atoms with Crippen molar-refractivity contribution >= 4 is 5.69 Å². The molecule has 0 fully saturated rings. The Labute approximate surface area is 183 Å². The average Bonchev–Trinajstić information content (AvgIpc) is 2.68. The first-order valence-corrected chi connectivity index (χ1v) is 11.3. The van der Waals surface area contributed by atoms with Crippen LogP contribution in [0.4, 0.5) is 5.69 Å². The summed E-state index contributed by atoms with van der Waals surface area (Å²) >= 11 is 0. The van der Waals surface area contributed by atoms with Crippen LogP contribution >= 0.6 is 0 Å². The van der Waals surface area contributed by atoms with Crippen molar-refractivity contribution in [3.05, 3.63) is 63.1 Å². The Morgan fingerprint density at radius 2 is 1.67 bits per heavy atom. The van der Waals surface area contributed by atoms with Gasteiger partial charge in [0.1, 0.15) is 17.0 Å². The Balaban J connectivity index is 1.82. The molecule has 1 aliphatic heterocycles. The number of benzene rings is 1. The summed E-state index contributed by atoms with van der Waals surface area (Å²) in [6, 6.07) is 3.69. The van der Waals surface area contributed by atoms with Crippen LogP contribution in [0, 0.1) is 11.8 Å². The molecule has 1 atom stereocenters. The van der Waals surface area contributed by atoms with Crippen LogP contribution < -0.4 is 4.74 Å². The van der Waals surface area contributed by atoms with E-state index in [-0.39, 0.29) is 5.60 Å². The smallest absolute Gasteiger partial charge is 0.126 e. The largest absolute Gasteiger partial charge is 0.487 e. The lowest BCUT2D eigenvalue weighted by Gasteiger charge is -2.36. The third-order valence-electron chi connectivity index (χ3n) is 6.00. The van der Waals surface area contributed by atoms with Gasteiger partial charge in [-0.05, 0) is 121 Å². The van der Waals surface area contributed by atoms with Gasteiger partial charge in [0, 0.05) is 0 Å². The molecule has 0 radical (unpaired) electrons. The van der Waals surface area contributed by atoms with E-state index in [0.717, 1.165) is 68.2 Å². The summed E-state index contributed by atoms with van der Waals surface area (Å²) in [5.74, 6) is 0.950. The molecule has 0 aromatic heterocycles. The SMILES string of the molecule is CC(C)=CCC/C(C)=C/CC/C(C)=C/CC[C@]1(C)CCc2cc(N=O)cc(C)c2O1. The molecule has 0 bridgehead atoms. The zero-order valence-electron chi connectivity index (χ0n) is 19.8. The zero-order valence-corrected chi connectivity index (χ0v) is 19.8. The van der Waals surface area contributed by atoms with E-state index in [4.69, 9.17) is 4.74 Å². The van der Waals surface area contributed by atoms with E-state index in [1.165, 1.54) is 16.7 Å². The van der Waals surface area contributed by atoms with Crippen molar-refractivity contribution in [1.29, 1.82) is 0 Å². The highest BCUT2D eigenvalue weighted by Crippen LogP contribution is 2.40. The second kappa shape index (κ2) is 11.3. The summed E-state index contributed by atoms with van der Waals surface area (Å²) in [6.45, 7) is 13.0. The third-order valence-corrected chi connectivity index (χ3v) is 6.00. The van der Waals surface area contributed by atoms with Crippen LogP contribution in [0.3, 0.4) is 0 Å². The number of nitroso groups, excluding NO2 is 1. The molecule has 0 amide bonds. The van der Waals surface area contributed by atoms with E-state index in [9.17, 15) is 4.91 Å². The molecule has 1 aliphatic rings. The summed E-state index contributed by atoms with van der Waals surface area (Å²) in [5, 5.41) is 3.08. The molecule has 1 aromatic rings. The minimum absolute atomic E-state index is 0.147. The van der Waals surface area contributed by atoms with Crippen LogP contribution in [0.2, 0.25) is 0 Å². The first-order valence-electron chi connectivity index (χ1n) is 11.3. The summed E-state index contributed by atoms with van der Waals surface area (Å²) in [6.07, 6.45) is 15.6. The Morgan fingerprint density at radius 3 is 2.30 bits per heavy atom. The zero-order chi connectivity index (χ0) is 22.1. The van der Waals surface area contributed by atoms with Gasteiger partial charge in [-0.1, -0.05) is 34.9 Å². The molecule has 0 N–H and O–H groups in total. The number of allylic oxidation sites excluding steroid dienone is 6. The Kier molecular flexibility index (Phi) is 9.08. The standard InChI is InChI=1S/C27H39NO2/c1-20(2)10-7-11-21(3)12-8-13-22(4)14-9-16-27(6)17-15-24-19-25(28-29)18-23(5)26(24)30-27/h10,12,14,18-19H,7-9,11,13,15-17H2,1-6H3/b21-12+,22-14+/t27-/m1/s1. The molecule has 0 unspecified atom stereocenters. The number of hydrogen-bond donors (Lipinski definition) is 0. The fourth-order valence-corrected chi connectivity index (χ4v) is 4.05. The maximum absolute atomic E-state index is 10.9. The van der Waals surface area contributed by atoms with E-state index < -0.39 is 0 Å². The summed E-state index contributed by atoms with van der Waals surface area (Å²) in [7, 11) is 0. The number of aryl methyl sites for hydroxylation is 2. The first kappa shape index (κ1) is 24.1. The van der Waals surface area contributed by atoms with Crippen molar-refractivity contribution in [3.8, 4) is 5.75 Å². The molecule has 0 saturated heterocycles. The summed E-state index contributed by atoms with van der Waals surface area (Å²) in [4.78, 5) is 10.9. The maximum Gasteiger partial charge on any atom is 0.126 e. The van der Waals surface area contributed by atoms with Crippen LogP contribution in [-0.2, 0) is 6.42 Å². The highest BCUT2D eigenvalue weighted by Gasteiger charge is 2.32. The highest BCUT2D eigenvalue weighted by molar-refractivity contribution is 5.53. The highest BCUT2D eigenvalue weighted by atomic mass is 16.5. The van der Waals surface area contributed by atoms with Crippen LogP contribution in [0.1, 0.15) is 90.7 Å². The lowest BCUT2D eigenvalue weighted by atomic mass is 9.87. The Morgan fingerprint density at radius 1 is 1.03 bits per heavy atom. The molecule has 0 aliphatic carbocycles. The van der Waals surface area contributed by atoms with E-state index in [1.807, 2.05) is 19.1 Å². The molecule has 164 valence electrons. The Hall–Kier alpha value is -2.16. The number of nitrogens with zero attached hydrogens (tertiary/aromatic N) is 1. The minimum Gasteiger partial charge on any atom is -0.487 e. The van der Waals surface area contributed by atoms with E-state index >= 15 is 0 Å². The molecule has 0 saturated carbocycles. The van der Waals surface area contributed by atoms with Crippen molar-refractivity contribution in [1.82, 2.24) is 0 Å². The van der Waals surface area contributed by atoms with Gasteiger partial charge in [-0.2, -0.15) is 0 Å². The number of fused-ring (bicyclic) bond motifs is 1. The molecule has 30 heavy (non-hydrogen) atoms. The average molecular weight is 410 g/mol. The van der Waals surface area contributed by atoms with Crippen molar-refractivity contribution in [3.63, 3.8) is 0 Å². The predicted molar refractivity (Wildman–Crippen MR) is 129 cm³/mol. The molecule has 0 spiro atoms. The van der Waals surface area contributed by atoms with Gasteiger partial charge < -0.3 is 4.74 Å². The normalized spacial score (nSPS) is 19.1. The van der Waals surface area contributed by atoms with Crippen LogP contribution in [-0.4, -0.2) is 5.60 Å². The quantitative estimate of drug-likeness (QED) is 0.286. The molecular formula is C27H39NO2. The van der Waals surface area contributed by atoms with Crippen molar-refractivity contribution < 1.29 is 4.74 Å². The lowest BCUT2D eigenvalue weighted by Crippen LogP contribution is -2.36. The van der Waals surface area contributed by atoms with Gasteiger partial charge in [-0.25, -0.2) is 0 Å². The second-order valence-corrected chi connectivity index (χ2v) is 9.39. The lowest BCUT2D eigenvalue weighted by molar-refractivity contribution is 0.0563. The number of hydrogen-bond acceptors (Lipinski definition) is 3. The predicted octanol–water partition coefficient (Wildman–Crippen LogP) is 8.68. The monoisotopic (exact) mass is 409 g/mol. The van der Waals surface area contributed by atoms with E-state index in [2.05, 4.69) is 58.0 Å². The van der Waals surface area contributed by atoms with Gasteiger partial charge in [-0.3, -0.25) is 0 Å². The molecule has 2 rings (SSSR count). The maximum atomic E-state index is 10.9. The van der Waals surface area contributed by atoms with Gasteiger partial charge in [-0.15, -0.1) is 4.91 Å². The molecule has 1 aromatic carbocycles. The fourth-order valence-electron chi connectivity index (χ4n) is 4.05. The summed E-state index contributed by atoms with van der Waals surface area (Å²) in [5.41, 5.74) is 6.82. The van der Waals surface area contributed by atoms with Gasteiger partial charge in [0.15, 0.2) is 0 Å². The van der Waals surface area contributed by atoms with Crippen molar-refractivity contribution in [2.45, 2.75) is 98.5 Å². The van der Waals surface area contributed by atoms with Crippen LogP contribution in [0.5, 0.6) is 5.75 Å². The minimum atomic E-state index is -0.147. The molecule has 1 heterocycles. The molecular weight excluding hydrogens is 370 g/mol. The van der Waals surface area contributed by atoms with Gasteiger partial charge in [0.25, 0.3) is 0 Å². The topological polar surface area (TPSA) is 38.7 Å². The van der Waals surface area contributed by atoms with Gasteiger partial charge in [0.2, 0.25) is 0 Å². The van der Waals surface area contributed by atoms with Crippen LogP contribution in [0.15, 0.2) is 52.3 Å². The number of ether oxygens (including phenoxy) is 1. The van der Waals surface area contributed by atoms with Gasteiger partial charge >= 0.3 is 0 Å². The second-order valence-electron chi connectivity index (χ2n) is 9.39. The molecule has 3 nitrogen and oxygen atoms in total. The van der Waals surface area contributed by atoms with Gasteiger partial charge in [0.05, 0.1) is 0 Å². The number of rotatable bonds is 10.